The summed E-state index contributed by atoms with van der Waals surface area (Å²) in [5, 5.41) is 9.15. The van der Waals surface area contributed by atoms with Crippen molar-refractivity contribution in [3.8, 4) is 0 Å². The van der Waals surface area contributed by atoms with E-state index in [1.54, 1.807) is 0 Å². The van der Waals surface area contributed by atoms with E-state index >= 15 is 0 Å². The molecular formula is C5H9NO3S2. The average molecular weight is 195 g/mol. The monoisotopic (exact) mass is 195 g/mol. The molecule has 64 valence electrons. The topological polar surface area (TPSA) is 80.4 Å². The highest BCUT2D eigenvalue weighted by atomic mass is 32.2. The molecule has 1 aliphatic heterocycles. The van der Waals surface area contributed by atoms with E-state index in [2.05, 4.69) is 12.2 Å². The summed E-state index contributed by atoms with van der Waals surface area (Å²) in [7, 11) is -3.11. The van der Waals surface area contributed by atoms with Gasteiger partial charge in [0.15, 0.2) is 9.84 Å². The Morgan fingerprint density at radius 2 is 2.09 bits per heavy atom. The third kappa shape index (κ3) is 1.88. The second-order valence-electron chi connectivity index (χ2n) is 2.65. The SMILES string of the molecule is NC(=S)C1CS(=O)(=O)CC1O. The molecule has 3 N–H and O–H groups in total. The molecule has 1 rings (SSSR count). The molecule has 2 atom stereocenters. The summed E-state index contributed by atoms with van der Waals surface area (Å²) in [5.74, 6) is -0.867. The van der Waals surface area contributed by atoms with Crippen LogP contribution in [0.3, 0.4) is 0 Å². The van der Waals surface area contributed by atoms with Gasteiger partial charge in [0.1, 0.15) is 0 Å². The molecule has 4 nitrogen and oxygen atoms in total. The Labute approximate surface area is 70.3 Å². The predicted molar refractivity (Wildman–Crippen MR) is 44.9 cm³/mol. The lowest BCUT2D eigenvalue weighted by atomic mass is 10.1. The zero-order chi connectivity index (χ0) is 8.65. The van der Waals surface area contributed by atoms with Crippen LogP contribution in [0.5, 0.6) is 0 Å². The summed E-state index contributed by atoms with van der Waals surface area (Å²) in [6, 6.07) is 0. The minimum Gasteiger partial charge on any atom is -0.393 e. The summed E-state index contributed by atoms with van der Waals surface area (Å²) in [6.07, 6.45) is -0.905. The molecule has 0 bridgehead atoms. The Bertz CT molecular complexity index is 271. The molecule has 0 aliphatic carbocycles. The van der Waals surface area contributed by atoms with Gasteiger partial charge in [-0.2, -0.15) is 0 Å². The lowest BCUT2D eigenvalue weighted by Crippen LogP contribution is -2.30. The van der Waals surface area contributed by atoms with Gasteiger partial charge in [-0.25, -0.2) is 8.42 Å². The summed E-state index contributed by atoms with van der Waals surface area (Å²) < 4.78 is 21.8. The molecule has 0 saturated carbocycles. The van der Waals surface area contributed by atoms with Crippen molar-refractivity contribution in [3.05, 3.63) is 0 Å². The van der Waals surface area contributed by atoms with Crippen molar-refractivity contribution in [1.29, 1.82) is 0 Å². The van der Waals surface area contributed by atoms with Gasteiger partial charge in [-0.3, -0.25) is 0 Å². The van der Waals surface area contributed by atoms with Crippen LogP contribution in [-0.2, 0) is 9.84 Å². The zero-order valence-corrected chi connectivity index (χ0v) is 7.36. The van der Waals surface area contributed by atoms with Crippen LogP contribution < -0.4 is 5.73 Å². The molecule has 1 aliphatic rings. The van der Waals surface area contributed by atoms with Crippen LogP contribution in [0.4, 0.5) is 0 Å². The van der Waals surface area contributed by atoms with Crippen LogP contribution in [0, 0.1) is 5.92 Å². The third-order valence-corrected chi connectivity index (χ3v) is 3.71. The van der Waals surface area contributed by atoms with Crippen molar-refractivity contribution in [1.82, 2.24) is 0 Å². The van der Waals surface area contributed by atoms with E-state index in [1.165, 1.54) is 0 Å². The Morgan fingerprint density at radius 3 is 2.27 bits per heavy atom. The maximum absolute atomic E-state index is 10.9. The molecule has 1 saturated heterocycles. The van der Waals surface area contributed by atoms with Gasteiger partial charge in [0.2, 0.25) is 0 Å². The van der Waals surface area contributed by atoms with Gasteiger partial charge in [0, 0.05) is 0 Å². The fraction of sp³-hybridized carbons (Fsp3) is 0.800. The summed E-state index contributed by atoms with van der Waals surface area (Å²) >= 11 is 4.59. The fourth-order valence-corrected chi connectivity index (χ4v) is 3.28. The van der Waals surface area contributed by atoms with Gasteiger partial charge in [0.05, 0.1) is 28.5 Å². The van der Waals surface area contributed by atoms with Crippen LogP contribution in [0.1, 0.15) is 0 Å². The van der Waals surface area contributed by atoms with Crippen molar-refractivity contribution in [2.75, 3.05) is 11.5 Å². The Balaban J connectivity index is 2.83. The molecule has 0 radical (unpaired) electrons. The molecule has 0 aromatic rings. The average Bonchev–Trinajstić information content (AvgIpc) is 2.05. The lowest BCUT2D eigenvalue weighted by Gasteiger charge is -2.08. The second-order valence-corrected chi connectivity index (χ2v) is 5.28. The van der Waals surface area contributed by atoms with E-state index < -0.39 is 21.9 Å². The molecule has 0 amide bonds. The predicted octanol–water partition coefficient (Wildman–Crippen LogP) is -1.32. The molecule has 2 unspecified atom stereocenters. The largest absolute Gasteiger partial charge is 0.393 e. The quantitative estimate of drug-likeness (QED) is 0.507. The number of nitrogens with two attached hydrogens (primary N) is 1. The molecular weight excluding hydrogens is 186 g/mol. The van der Waals surface area contributed by atoms with E-state index in [0.29, 0.717) is 0 Å². The second kappa shape index (κ2) is 2.69. The number of hydrogen-bond acceptors (Lipinski definition) is 4. The molecule has 0 aromatic heterocycles. The molecule has 1 heterocycles. The highest BCUT2D eigenvalue weighted by Gasteiger charge is 2.37. The highest BCUT2D eigenvalue weighted by Crippen LogP contribution is 2.18. The van der Waals surface area contributed by atoms with Crippen LogP contribution in [0.15, 0.2) is 0 Å². The number of rotatable bonds is 1. The van der Waals surface area contributed by atoms with Crippen LogP contribution >= 0.6 is 12.2 Å². The van der Waals surface area contributed by atoms with E-state index in [0.717, 1.165) is 0 Å². The maximum atomic E-state index is 10.9. The van der Waals surface area contributed by atoms with Gasteiger partial charge >= 0.3 is 0 Å². The van der Waals surface area contributed by atoms with Gasteiger partial charge in [0.25, 0.3) is 0 Å². The number of sulfone groups is 1. The minimum atomic E-state index is -3.11. The Hall–Kier alpha value is -0.200. The summed E-state index contributed by atoms with van der Waals surface area (Å²) in [5.41, 5.74) is 5.22. The number of aliphatic hydroxyl groups excluding tert-OH is 1. The first-order chi connectivity index (χ1) is 4.92. The van der Waals surface area contributed by atoms with E-state index in [9.17, 15) is 8.42 Å². The number of aliphatic hydroxyl groups is 1. The van der Waals surface area contributed by atoms with Crippen LogP contribution in [0.2, 0.25) is 0 Å². The zero-order valence-electron chi connectivity index (χ0n) is 5.73. The van der Waals surface area contributed by atoms with Gasteiger partial charge in [-0.05, 0) is 0 Å². The summed E-state index contributed by atoms with van der Waals surface area (Å²) in [4.78, 5) is 0.0820. The fourth-order valence-electron chi connectivity index (χ4n) is 1.10. The molecule has 11 heavy (non-hydrogen) atoms. The number of thiocarbonyl (C=S) groups is 1. The van der Waals surface area contributed by atoms with Crippen molar-refractivity contribution in [3.63, 3.8) is 0 Å². The third-order valence-electron chi connectivity index (χ3n) is 1.69. The molecule has 1 fully saturated rings. The first-order valence-corrected chi connectivity index (χ1v) is 5.33. The smallest absolute Gasteiger partial charge is 0.153 e. The number of hydrogen-bond donors (Lipinski definition) is 2. The molecule has 6 heteroatoms. The van der Waals surface area contributed by atoms with Crippen molar-refractivity contribution in [2.45, 2.75) is 6.10 Å². The van der Waals surface area contributed by atoms with Crippen LogP contribution in [0.25, 0.3) is 0 Å². The Morgan fingerprint density at radius 1 is 1.55 bits per heavy atom. The first kappa shape index (κ1) is 8.89. The van der Waals surface area contributed by atoms with Crippen molar-refractivity contribution in [2.24, 2.45) is 11.7 Å². The summed E-state index contributed by atoms with van der Waals surface area (Å²) in [6.45, 7) is 0. The van der Waals surface area contributed by atoms with Gasteiger partial charge < -0.3 is 10.8 Å². The first-order valence-electron chi connectivity index (χ1n) is 3.10. The van der Waals surface area contributed by atoms with E-state index in [-0.39, 0.29) is 16.5 Å². The van der Waals surface area contributed by atoms with Crippen molar-refractivity contribution < 1.29 is 13.5 Å². The van der Waals surface area contributed by atoms with Gasteiger partial charge in [-0.1, -0.05) is 12.2 Å². The van der Waals surface area contributed by atoms with Crippen molar-refractivity contribution >= 4 is 27.0 Å². The molecule has 0 aromatic carbocycles. The lowest BCUT2D eigenvalue weighted by molar-refractivity contribution is 0.179. The van der Waals surface area contributed by atoms with Crippen LogP contribution in [-0.4, -0.2) is 36.1 Å². The van der Waals surface area contributed by atoms with E-state index in [1.807, 2.05) is 0 Å². The highest BCUT2D eigenvalue weighted by molar-refractivity contribution is 7.91. The van der Waals surface area contributed by atoms with E-state index in [4.69, 9.17) is 10.8 Å². The standard InChI is InChI=1S/C5H9NO3S2/c6-5(10)3-1-11(8,9)2-4(3)7/h3-4,7H,1-2H2,(H2,6,10). The van der Waals surface area contributed by atoms with Gasteiger partial charge in [-0.15, -0.1) is 0 Å². The maximum Gasteiger partial charge on any atom is 0.153 e. The Kier molecular flexibility index (Phi) is 2.17. The molecule has 0 spiro atoms. The normalized spacial score (nSPS) is 35.4. The minimum absolute atomic E-state index is 0.0820.